The molecule has 7 heteroatoms. The summed E-state index contributed by atoms with van der Waals surface area (Å²) < 4.78 is 27.3. The molecule has 4 nitrogen and oxygen atoms in total. The number of nitrogens with one attached hydrogen (secondary N) is 2. The second-order valence-electron chi connectivity index (χ2n) is 4.62. The molecule has 1 atom stereocenters. The molecule has 2 N–H and O–H groups in total. The molecule has 0 fully saturated rings. The SMILES string of the molecule is CCCNCc1sccc1S(=O)(=O)NCCC(C)SC. The summed E-state index contributed by atoms with van der Waals surface area (Å²) in [6.45, 7) is 6.19. The summed E-state index contributed by atoms with van der Waals surface area (Å²) in [5, 5.41) is 5.55. The summed E-state index contributed by atoms with van der Waals surface area (Å²) in [7, 11) is -3.38. The topological polar surface area (TPSA) is 58.2 Å². The fourth-order valence-corrected chi connectivity index (χ4v) is 4.48. The van der Waals surface area contributed by atoms with E-state index in [0.717, 1.165) is 24.3 Å². The summed E-state index contributed by atoms with van der Waals surface area (Å²) in [6.07, 6.45) is 3.92. The van der Waals surface area contributed by atoms with Gasteiger partial charge in [-0.3, -0.25) is 0 Å². The van der Waals surface area contributed by atoms with Gasteiger partial charge in [0.1, 0.15) is 0 Å². The lowest BCUT2D eigenvalue weighted by Crippen LogP contribution is -2.27. The summed E-state index contributed by atoms with van der Waals surface area (Å²) in [6, 6.07) is 1.69. The third-order valence-corrected chi connectivity index (χ3v) is 6.59. The average Bonchev–Trinajstić information content (AvgIpc) is 2.88. The lowest BCUT2D eigenvalue weighted by molar-refractivity contribution is 0.577. The van der Waals surface area contributed by atoms with Crippen molar-refractivity contribution in [2.24, 2.45) is 0 Å². The van der Waals surface area contributed by atoms with E-state index < -0.39 is 10.0 Å². The predicted molar refractivity (Wildman–Crippen MR) is 89.1 cm³/mol. The summed E-state index contributed by atoms with van der Waals surface area (Å²) >= 11 is 3.23. The van der Waals surface area contributed by atoms with Gasteiger partial charge in [0.05, 0.1) is 4.90 Å². The van der Waals surface area contributed by atoms with Gasteiger partial charge in [0.15, 0.2) is 0 Å². The Labute approximate surface area is 130 Å². The Morgan fingerprint density at radius 3 is 2.80 bits per heavy atom. The van der Waals surface area contributed by atoms with E-state index in [1.807, 2.05) is 11.6 Å². The quantitative estimate of drug-likeness (QED) is 0.645. The van der Waals surface area contributed by atoms with E-state index in [1.54, 1.807) is 17.8 Å². The summed E-state index contributed by atoms with van der Waals surface area (Å²) in [4.78, 5) is 1.30. The van der Waals surface area contributed by atoms with Crippen LogP contribution in [0.2, 0.25) is 0 Å². The van der Waals surface area contributed by atoms with Crippen LogP contribution in [0, 0.1) is 0 Å². The molecule has 1 unspecified atom stereocenters. The van der Waals surface area contributed by atoms with Crippen molar-refractivity contribution >= 4 is 33.1 Å². The number of hydrogen-bond donors (Lipinski definition) is 2. The molecular weight excluding hydrogens is 312 g/mol. The average molecular weight is 337 g/mol. The fourth-order valence-electron chi connectivity index (χ4n) is 1.67. The van der Waals surface area contributed by atoms with Crippen LogP contribution < -0.4 is 10.0 Å². The van der Waals surface area contributed by atoms with E-state index in [1.165, 1.54) is 11.3 Å². The first-order valence-electron chi connectivity index (χ1n) is 6.80. The minimum Gasteiger partial charge on any atom is -0.312 e. The maximum Gasteiger partial charge on any atom is 0.241 e. The molecule has 0 saturated heterocycles. The van der Waals surface area contributed by atoms with Crippen molar-refractivity contribution in [3.63, 3.8) is 0 Å². The Bertz CT molecular complexity index is 486. The molecule has 1 heterocycles. The summed E-state index contributed by atoms with van der Waals surface area (Å²) in [5.74, 6) is 0. The van der Waals surface area contributed by atoms with E-state index >= 15 is 0 Å². The minimum atomic E-state index is -3.38. The van der Waals surface area contributed by atoms with E-state index in [2.05, 4.69) is 23.9 Å². The molecule has 1 aromatic heterocycles. The van der Waals surface area contributed by atoms with E-state index in [-0.39, 0.29) is 0 Å². The molecule has 0 aromatic carbocycles. The van der Waals surface area contributed by atoms with Crippen LogP contribution in [0.3, 0.4) is 0 Å². The largest absolute Gasteiger partial charge is 0.312 e. The minimum absolute atomic E-state index is 0.419. The molecule has 116 valence electrons. The smallest absolute Gasteiger partial charge is 0.241 e. The Hall–Kier alpha value is -0.0800. The molecule has 1 rings (SSSR count). The van der Waals surface area contributed by atoms with Crippen LogP contribution in [0.1, 0.15) is 31.6 Å². The van der Waals surface area contributed by atoms with Crippen LogP contribution in [0.5, 0.6) is 0 Å². The number of hydrogen-bond acceptors (Lipinski definition) is 5. The first kappa shape index (κ1) is 18.0. The molecule has 0 amide bonds. The predicted octanol–water partition coefficient (Wildman–Crippen LogP) is 2.67. The third kappa shape index (κ3) is 5.73. The van der Waals surface area contributed by atoms with Gasteiger partial charge in [0.25, 0.3) is 0 Å². The van der Waals surface area contributed by atoms with Crippen LogP contribution >= 0.6 is 23.1 Å². The van der Waals surface area contributed by atoms with Gasteiger partial charge < -0.3 is 5.32 Å². The molecule has 0 aliphatic carbocycles. The second kappa shape index (κ2) is 9.04. The molecule has 0 aliphatic rings. The maximum absolute atomic E-state index is 12.3. The number of sulfonamides is 1. The highest BCUT2D eigenvalue weighted by molar-refractivity contribution is 7.99. The van der Waals surface area contributed by atoms with Crippen LogP contribution in [-0.2, 0) is 16.6 Å². The molecule has 0 aliphatic heterocycles. The summed E-state index contributed by atoms with van der Waals surface area (Å²) in [5.41, 5.74) is 0. The highest BCUT2D eigenvalue weighted by Crippen LogP contribution is 2.21. The van der Waals surface area contributed by atoms with Gasteiger partial charge in [-0.05, 0) is 37.1 Å². The number of rotatable bonds is 10. The van der Waals surface area contributed by atoms with Crippen molar-refractivity contribution in [2.45, 2.75) is 43.4 Å². The van der Waals surface area contributed by atoms with Gasteiger partial charge in [0, 0.05) is 23.2 Å². The lowest BCUT2D eigenvalue weighted by Gasteiger charge is -2.10. The normalized spacial score (nSPS) is 13.6. The monoisotopic (exact) mass is 336 g/mol. The molecule has 1 aromatic rings. The van der Waals surface area contributed by atoms with Crippen molar-refractivity contribution in [1.82, 2.24) is 10.0 Å². The van der Waals surface area contributed by atoms with E-state index in [4.69, 9.17) is 0 Å². The lowest BCUT2D eigenvalue weighted by atomic mass is 10.3. The molecule has 20 heavy (non-hydrogen) atoms. The van der Waals surface area contributed by atoms with Gasteiger partial charge in [-0.25, -0.2) is 13.1 Å². The third-order valence-electron chi connectivity index (χ3n) is 2.95. The van der Waals surface area contributed by atoms with Crippen LogP contribution in [0.4, 0.5) is 0 Å². The highest BCUT2D eigenvalue weighted by atomic mass is 32.2. The number of thioether (sulfide) groups is 1. The Morgan fingerprint density at radius 2 is 2.15 bits per heavy atom. The Kier molecular flexibility index (Phi) is 8.13. The maximum atomic E-state index is 12.3. The van der Waals surface area contributed by atoms with Crippen molar-refractivity contribution in [1.29, 1.82) is 0 Å². The number of thiophene rings is 1. The van der Waals surface area contributed by atoms with Crippen molar-refractivity contribution in [3.05, 3.63) is 16.3 Å². The van der Waals surface area contributed by atoms with Crippen molar-refractivity contribution < 1.29 is 8.42 Å². The Morgan fingerprint density at radius 1 is 1.40 bits per heavy atom. The van der Waals surface area contributed by atoms with Gasteiger partial charge >= 0.3 is 0 Å². The second-order valence-corrected chi connectivity index (χ2v) is 8.63. The van der Waals surface area contributed by atoms with Gasteiger partial charge in [0.2, 0.25) is 10.0 Å². The highest BCUT2D eigenvalue weighted by Gasteiger charge is 2.19. The van der Waals surface area contributed by atoms with E-state index in [0.29, 0.717) is 23.2 Å². The van der Waals surface area contributed by atoms with Gasteiger partial charge in [-0.15, -0.1) is 11.3 Å². The van der Waals surface area contributed by atoms with Crippen LogP contribution in [-0.4, -0.2) is 33.0 Å². The first-order chi connectivity index (χ1) is 9.51. The zero-order valence-corrected chi connectivity index (χ0v) is 14.8. The van der Waals surface area contributed by atoms with E-state index in [9.17, 15) is 8.42 Å². The zero-order chi connectivity index (χ0) is 15.0. The molecule has 0 saturated carbocycles. The van der Waals surface area contributed by atoms with Gasteiger partial charge in [-0.1, -0.05) is 13.8 Å². The van der Waals surface area contributed by atoms with Crippen LogP contribution in [0.25, 0.3) is 0 Å². The standard InChI is InChI=1S/C13H24N2O2S3/c1-4-7-14-10-12-13(6-9-19-12)20(16,17)15-8-5-11(2)18-3/h6,9,11,14-15H,4-5,7-8,10H2,1-3H3. The molecule has 0 radical (unpaired) electrons. The van der Waals surface area contributed by atoms with Crippen LogP contribution in [0.15, 0.2) is 16.3 Å². The molecular formula is C13H24N2O2S3. The molecule has 0 spiro atoms. The van der Waals surface area contributed by atoms with Gasteiger partial charge in [-0.2, -0.15) is 11.8 Å². The first-order valence-corrected chi connectivity index (χ1v) is 10.5. The molecule has 0 bridgehead atoms. The Balaban J connectivity index is 2.61. The van der Waals surface area contributed by atoms with Crippen molar-refractivity contribution in [2.75, 3.05) is 19.3 Å². The van der Waals surface area contributed by atoms with Crippen molar-refractivity contribution in [3.8, 4) is 0 Å². The zero-order valence-electron chi connectivity index (χ0n) is 12.3. The fraction of sp³-hybridized carbons (Fsp3) is 0.692.